The van der Waals surface area contributed by atoms with E-state index in [-0.39, 0.29) is 5.82 Å². The van der Waals surface area contributed by atoms with Crippen molar-refractivity contribution in [2.45, 2.75) is 32.2 Å². The van der Waals surface area contributed by atoms with Crippen LogP contribution in [0.4, 0.5) is 10.2 Å². The van der Waals surface area contributed by atoms with Crippen molar-refractivity contribution < 1.29 is 4.39 Å². The Labute approximate surface area is 97.4 Å². The summed E-state index contributed by atoms with van der Waals surface area (Å²) in [6.45, 7) is 2.07. The number of pyridine rings is 1. The predicted molar refractivity (Wildman–Crippen MR) is 62.3 cm³/mol. The van der Waals surface area contributed by atoms with Crippen molar-refractivity contribution >= 4 is 21.7 Å². The highest BCUT2D eigenvalue weighted by atomic mass is 79.9. The largest absolute Gasteiger partial charge is 0.365 e. The molecule has 0 spiro atoms. The molecule has 15 heavy (non-hydrogen) atoms. The Kier molecular flexibility index (Phi) is 3.24. The van der Waals surface area contributed by atoms with E-state index in [1.54, 1.807) is 6.20 Å². The zero-order valence-electron chi connectivity index (χ0n) is 8.63. The van der Waals surface area contributed by atoms with Crippen molar-refractivity contribution in [1.29, 1.82) is 0 Å². The highest BCUT2D eigenvalue weighted by molar-refractivity contribution is 9.10. The summed E-state index contributed by atoms with van der Waals surface area (Å²) in [5.41, 5.74) is 0. The van der Waals surface area contributed by atoms with Crippen LogP contribution in [0.25, 0.3) is 0 Å². The Hall–Kier alpha value is -0.640. The summed E-state index contributed by atoms with van der Waals surface area (Å²) >= 11 is 3.18. The standard InChI is InChI=1S/C11H14BrFN2/c1-7(4-8-2-3-8)15-11-10(13)5-9(12)6-14-11/h5-8H,2-4H2,1H3,(H,14,15). The third-order valence-electron chi connectivity index (χ3n) is 2.57. The predicted octanol–water partition coefficient (Wildman–Crippen LogP) is 3.58. The summed E-state index contributed by atoms with van der Waals surface area (Å²) in [7, 11) is 0. The van der Waals surface area contributed by atoms with Gasteiger partial charge in [-0.15, -0.1) is 0 Å². The Bertz CT molecular complexity index is 352. The molecule has 1 aliphatic rings. The fourth-order valence-corrected chi connectivity index (χ4v) is 1.97. The molecule has 1 heterocycles. The van der Waals surface area contributed by atoms with Gasteiger partial charge in [-0.2, -0.15) is 0 Å². The minimum atomic E-state index is -0.299. The zero-order chi connectivity index (χ0) is 10.8. The van der Waals surface area contributed by atoms with E-state index in [1.807, 2.05) is 0 Å². The van der Waals surface area contributed by atoms with Crippen molar-refractivity contribution in [3.63, 3.8) is 0 Å². The van der Waals surface area contributed by atoms with Crippen molar-refractivity contribution in [1.82, 2.24) is 4.98 Å². The molecule has 1 fully saturated rings. The van der Waals surface area contributed by atoms with Crippen molar-refractivity contribution in [3.8, 4) is 0 Å². The van der Waals surface area contributed by atoms with Crippen LogP contribution in [0.3, 0.4) is 0 Å². The second-order valence-electron chi connectivity index (χ2n) is 4.21. The van der Waals surface area contributed by atoms with Crippen LogP contribution in [0.15, 0.2) is 16.7 Å². The molecule has 4 heteroatoms. The average Bonchev–Trinajstić information content (AvgIpc) is 2.94. The number of hydrogen-bond acceptors (Lipinski definition) is 2. The number of hydrogen-bond donors (Lipinski definition) is 1. The lowest BCUT2D eigenvalue weighted by atomic mass is 10.1. The van der Waals surface area contributed by atoms with Crippen LogP contribution in [0.2, 0.25) is 0 Å². The van der Waals surface area contributed by atoms with Gasteiger partial charge in [-0.3, -0.25) is 0 Å². The van der Waals surface area contributed by atoms with Crippen molar-refractivity contribution in [2.24, 2.45) is 5.92 Å². The highest BCUT2D eigenvalue weighted by Crippen LogP contribution is 2.34. The van der Waals surface area contributed by atoms with Gasteiger partial charge in [-0.05, 0) is 41.3 Å². The van der Waals surface area contributed by atoms with Crippen molar-refractivity contribution in [3.05, 3.63) is 22.6 Å². The molecule has 0 aromatic carbocycles. The molecular weight excluding hydrogens is 259 g/mol. The Morgan fingerprint density at radius 2 is 2.40 bits per heavy atom. The number of nitrogens with zero attached hydrogens (tertiary/aromatic N) is 1. The van der Waals surface area contributed by atoms with E-state index in [0.29, 0.717) is 16.3 Å². The van der Waals surface area contributed by atoms with Crippen LogP contribution >= 0.6 is 15.9 Å². The molecule has 0 bridgehead atoms. The average molecular weight is 273 g/mol. The smallest absolute Gasteiger partial charge is 0.166 e. The van der Waals surface area contributed by atoms with Gasteiger partial charge in [0.25, 0.3) is 0 Å². The zero-order valence-corrected chi connectivity index (χ0v) is 10.2. The maximum Gasteiger partial charge on any atom is 0.166 e. The summed E-state index contributed by atoms with van der Waals surface area (Å²) in [6.07, 6.45) is 5.36. The van der Waals surface area contributed by atoms with Gasteiger partial charge in [-0.1, -0.05) is 12.8 Å². The normalized spacial score (nSPS) is 17.5. The quantitative estimate of drug-likeness (QED) is 0.906. The van der Waals surface area contributed by atoms with E-state index in [9.17, 15) is 4.39 Å². The van der Waals surface area contributed by atoms with E-state index < -0.39 is 0 Å². The van der Waals surface area contributed by atoms with E-state index in [4.69, 9.17) is 0 Å². The monoisotopic (exact) mass is 272 g/mol. The molecule has 1 aromatic rings. The van der Waals surface area contributed by atoms with Crippen LogP contribution in [-0.4, -0.2) is 11.0 Å². The van der Waals surface area contributed by atoms with Crippen LogP contribution < -0.4 is 5.32 Å². The number of halogens is 2. The summed E-state index contributed by atoms with van der Waals surface area (Å²) in [5.74, 6) is 0.893. The van der Waals surface area contributed by atoms with Gasteiger partial charge in [0.15, 0.2) is 11.6 Å². The van der Waals surface area contributed by atoms with Crippen molar-refractivity contribution in [2.75, 3.05) is 5.32 Å². The molecule has 1 aliphatic carbocycles. The maximum absolute atomic E-state index is 13.4. The molecule has 0 aliphatic heterocycles. The minimum Gasteiger partial charge on any atom is -0.365 e. The summed E-state index contributed by atoms with van der Waals surface area (Å²) in [5, 5.41) is 3.10. The summed E-state index contributed by atoms with van der Waals surface area (Å²) in [6, 6.07) is 1.72. The first kappa shape index (κ1) is 10.9. The maximum atomic E-state index is 13.4. The number of anilines is 1. The number of nitrogens with one attached hydrogen (secondary N) is 1. The SMILES string of the molecule is CC(CC1CC1)Nc1ncc(Br)cc1F. The van der Waals surface area contributed by atoms with E-state index in [2.05, 4.69) is 33.2 Å². The van der Waals surface area contributed by atoms with Gasteiger partial charge in [0.05, 0.1) is 0 Å². The van der Waals surface area contributed by atoms with Gasteiger partial charge in [0, 0.05) is 16.7 Å². The molecular formula is C11H14BrFN2. The third-order valence-corrected chi connectivity index (χ3v) is 3.01. The fourth-order valence-electron chi connectivity index (χ4n) is 1.67. The fraction of sp³-hybridized carbons (Fsp3) is 0.545. The van der Waals surface area contributed by atoms with Gasteiger partial charge in [0.1, 0.15) is 0 Å². The Morgan fingerprint density at radius 3 is 3.00 bits per heavy atom. The summed E-state index contributed by atoms with van der Waals surface area (Å²) < 4.78 is 14.1. The van der Waals surface area contributed by atoms with E-state index in [1.165, 1.54) is 18.9 Å². The van der Waals surface area contributed by atoms with Gasteiger partial charge >= 0.3 is 0 Å². The molecule has 2 rings (SSSR count). The Balaban J connectivity index is 1.96. The van der Waals surface area contributed by atoms with Crippen LogP contribution in [0.1, 0.15) is 26.2 Å². The summed E-state index contributed by atoms with van der Waals surface area (Å²) in [4.78, 5) is 4.01. The van der Waals surface area contributed by atoms with E-state index >= 15 is 0 Å². The van der Waals surface area contributed by atoms with E-state index in [0.717, 1.165) is 12.3 Å². The topological polar surface area (TPSA) is 24.9 Å². The van der Waals surface area contributed by atoms with Crippen LogP contribution in [-0.2, 0) is 0 Å². The van der Waals surface area contributed by atoms with Crippen LogP contribution in [0.5, 0.6) is 0 Å². The second kappa shape index (κ2) is 4.47. The molecule has 1 saturated carbocycles. The first-order valence-corrected chi connectivity index (χ1v) is 6.02. The van der Waals surface area contributed by atoms with Gasteiger partial charge < -0.3 is 5.32 Å². The lowest BCUT2D eigenvalue weighted by Gasteiger charge is -2.14. The minimum absolute atomic E-state index is 0.292. The number of rotatable bonds is 4. The molecule has 1 unspecified atom stereocenters. The molecule has 0 saturated heterocycles. The molecule has 1 atom stereocenters. The highest BCUT2D eigenvalue weighted by Gasteiger charge is 2.23. The second-order valence-corrected chi connectivity index (χ2v) is 5.12. The lowest BCUT2D eigenvalue weighted by Crippen LogP contribution is -2.17. The molecule has 0 amide bonds. The molecule has 1 aromatic heterocycles. The third kappa shape index (κ3) is 3.16. The molecule has 1 N–H and O–H groups in total. The lowest BCUT2D eigenvalue weighted by molar-refractivity contribution is 0.603. The first-order chi connectivity index (χ1) is 7.15. The molecule has 2 nitrogen and oxygen atoms in total. The Morgan fingerprint density at radius 1 is 1.67 bits per heavy atom. The molecule has 82 valence electrons. The number of aromatic nitrogens is 1. The van der Waals surface area contributed by atoms with Crippen LogP contribution in [0, 0.1) is 11.7 Å². The molecule has 0 radical (unpaired) electrons. The first-order valence-electron chi connectivity index (χ1n) is 5.22. The van der Waals surface area contributed by atoms with Gasteiger partial charge in [-0.25, -0.2) is 9.37 Å². The van der Waals surface area contributed by atoms with Gasteiger partial charge in [0.2, 0.25) is 0 Å².